The van der Waals surface area contributed by atoms with Crippen LogP contribution in [0.2, 0.25) is 0 Å². The van der Waals surface area contributed by atoms with Crippen LogP contribution in [0.15, 0.2) is 72.9 Å². The predicted molar refractivity (Wildman–Crippen MR) is 201 cm³/mol. The van der Waals surface area contributed by atoms with Crippen LogP contribution in [0.3, 0.4) is 0 Å². The summed E-state index contributed by atoms with van der Waals surface area (Å²) >= 11 is 0. The summed E-state index contributed by atoms with van der Waals surface area (Å²) in [6, 6.07) is 0. The monoisotopic (exact) mass is 732 g/mol. The predicted octanol–water partition coefficient (Wildman–Crippen LogP) is 6.97. The lowest BCUT2D eigenvalue weighted by molar-refractivity contribution is -0.298. The summed E-state index contributed by atoms with van der Waals surface area (Å²) in [6.07, 6.45) is 28.5. The first-order valence-electron chi connectivity index (χ1n) is 19.0. The van der Waals surface area contributed by atoms with Gasteiger partial charge in [-0.15, -0.1) is 0 Å². The third-order valence-electron chi connectivity index (χ3n) is 8.07. The van der Waals surface area contributed by atoms with E-state index in [0.29, 0.717) is 12.8 Å². The number of carbonyl (C=O) groups excluding carboxylic acids is 2. The van der Waals surface area contributed by atoms with Gasteiger partial charge in [-0.3, -0.25) is 9.59 Å². The number of aliphatic hydroxyl groups is 3. The molecule has 1 rings (SSSR count). The molecular weight excluding hydrogens is 668 g/mol. The van der Waals surface area contributed by atoms with Gasteiger partial charge >= 0.3 is 17.9 Å². The molecule has 0 aromatic heterocycles. The molecule has 0 aromatic carbocycles. The fourth-order valence-electron chi connectivity index (χ4n) is 5.05. The zero-order chi connectivity index (χ0) is 38.2. The highest BCUT2D eigenvalue weighted by molar-refractivity contribution is 5.73. The normalized spacial score (nSPS) is 21.8. The smallest absolute Gasteiger partial charge is 0.335 e. The molecule has 4 N–H and O–H groups in total. The minimum atomic E-state index is -1.87. The molecule has 0 bridgehead atoms. The Bertz CT molecular complexity index is 1140. The second kappa shape index (κ2) is 31.2. The maximum absolute atomic E-state index is 12.7. The van der Waals surface area contributed by atoms with Crippen molar-refractivity contribution in [2.45, 2.75) is 153 Å². The van der Waals surface area contributed by atoms with Gasteiger partial charge in [-0.05, 0) is 57.8 Å². The van der Waals surface area contributed by atoms with Gasteiger partial charge in [0, 0.05) is 6.42 Å². The maximum Gasteiger partial charge on any atom is 0.335 e. The first-order valence-corrected chi connectivity index (χ1v) is 19.0. The minimum Gasteiger partial charge on any atom is -0.479 e. The number of aliphatic carboxylic acids is 1. The van der Waals surface area contributed by atoms with Gasteiger partial charge in [-0.25, -0.2) is 4.79 Å². The lowest BCUT2D eigenvalue weighted by Gasteiger charge is -2.38. The average molecular weight is 733 g/mol. The molecule has 0 saturated carbocycles. The van der Waals surface area contributed by atoms with Crippen molar-refractivity contribution < 1.29 is 53.8 Å². The zero-order valence-corrected chi connectivity index (χ0v) is 31.3. The molecule has 1 heterocycles. The standard InChI is InChI=1S/C41H64O11/c1-3-5-7-9-11-13-15-16-17-18-20-21-23-25-27-29-34(42)49-31-33(32-50-41-38(46)36(44)37(45)39(52-41)40(47)48)51-35(43)30-28-26-24-22-19-14-12-10-8-6-4-2/h5,7,10-13,16-17,20-21,25,27,33,36-39,41,44-46H,3-4,6,8-9,14-15,18-19,22-24,26,28-32H2,1-2H3,(H,47,48)/b7-5-,12-10-,13-11-,17-16-,21-20-,27-25-. The molecule has 52 heavy (non-hydrogen) atoms. The molecule has 6 atom stereocenters. The fourth-order valence-corrected chi connectivity index (χ4v) is 5.05. The van der Waals surface area contributed by atoms with E-state index in [1.165, 1.54) is 12.8 Å². The Morgan fingerprint density at radius 1 is 0.635 bits per heavy atom. The van der Waals surface area contributed by atoms with Crippen molar-refractivity contribution in [1.82, 2.24) is 0 Å². The van der Waals surface area contributed by atoms with Crippen molar-refractivity contribution >= 4 is 17.9 Å². The second-order valence-corrected chi connectivity index (χ2v) is 12.7. The Morgan fingerprint density at radius 3 is 1.79 bits per heavy atom. The molecule has 6 unspecified atom stereocenters. The lowest BCUT2D eigenvalue weighted by atomic mass is 9.99. The minimum absolute atomic E-state index is 0.00159. The molecule has 0 radical (unpaired) electrons. The fraction of sp³-hybridized carbons (Fsp3) is 0.634. The molecule has 11 heteroatoms. The van der Waals surface area contributed by atoms with Crippen LogP contribution in [0, 0.1) is 0 Å². The first kappa shape index (κ1) is 46.7. The number of unbranched alkanes of at least 4 members (excludes halogenated alkanes) is 7. The largest absolute Gasteiger partial charge is 0.479 e. The molecule has 1 aliphatic heterocycles. The lowest BCUT2D eigenvalue weighted by Crippen LogP contribution is -2.60. The number of rotatable bonds is 29. The van der Waals surface area contributed by atoms with Crippen molar-refractivity contribution in [2.24, 2.45) is 0 Å². The molecule has 11 nitrogen and oxygen atoms in total. The summed E-state index contributed by atoms with van der Waals surface area (Å²) in [5, 5.41) is 39.6. The molecule has 0 aliphatic carbocycles. The van der Waals surface area contributed by atoms with Gasteiger partial charge in [0.2, 0.25) is 0 Å². The van der Waals surface area contributed by atoms with Crippen LogP contribution in [-0.4, -0.2) is 88.4 Å². The highest BCUT2D eigenvalue weighted by atomic mass is 16.7. The maximum atomic E-state index is 12.7. The molecule has 1 aliphatic rings. The zero-order valence-electron chi connectivity index (χ0n) is 31.3. The SMILES string of the molecule is CC/C=C\C/C=C\C/C=C\C/C=C\C/C=C\CC(=O)OCC(COC1OC(C(=O)O)C(O)C(O)C1O)OC(=O)CCCCCCC/C=C\CCCC. The van der Waals surface area contributed by atoms with Gasteiger partial charge in [-0.1, -0.05) is 119 Å². The van der Waals surface area contributed by atoms with Gasteiger partial charge in [0.1, 0.15) is 24.9 Å². The molecule has 0 amide bonds. The summed E-state index contributed by atoms with van der Waals surface area (Å²) in [4.78, 5) is 36.5. The molecule has 1 fully saturated rings. The second-order valence-electron chi connectivity index (χ2n) is 12.7. The Labute approximate surface area is 310 Å². The van der Waals surface area contributed by atoms with Gasteiger partial charge in [-0.2, -0.15) is 0 Å². The Balaban J connectivity index is 2.53. The number of aliphatic hydroxyl groups excluding tert-OH is 3. The van der Waals surface area contributed by atoms with Crippen LogP contribution < -0.4 is 0 Å². The van der Waals surface area contributed by atoms with Gasteiger partial charge < -0.3 is 39.4 Å². The number of hydrogen-bond donors (Lipinski definition) is 4. The van der Waals surface area contributed by atoms with E-state index in [0.717, 1.165) is 64.2 Å². The number of ether oxygens (including phenoxy) is 4. The van der Waals surface area contributed by atoms with E-state index in [4.69, 9.17) is 18.9 Å². The van der Waals surface area contributed by atoms with E-state index in [-0.39, 0.29) is 19.4 Å². The van der Waals surface area contributed by atoms with Crippen LogP contribution >= 0.6 is 0 Å². The van der Waals surface area contributed by atoms with E-state index >= 15 is 0 Å². The van der Waals surface area contributed by atoms with Gasteiger partial charge in [0.25, 0.3) is 0 Å². The Hall–Kier alpha value is -3.35. The quantitative estimate of drug-likeness (QED) is 0.0356. The van der Waals surface area contributed by atoms with Crippen molar-refractivity contribution in [3.63, 3.8) is 0 Å². The van der Waals surface area contributed by atoms with Crippen LogP contribution in [-0.2, 0) is 33.3 Å². The molecular formula is C41H64O11. The number of carboxylic acid groups (broad SMARTS) is 1. The van der Waals surface area contributed by atoms with Crippen molar-refractivity contribution in [3.05, 3.63) is 72.9 Å². The van der Waals surface area contributed by atoms with E-state index in [1.807, 2.05) is 18.2 Å². The van der Waals surface area contributed by atoms with E-state index in [9.17, 15) is 34.8 Å². The number of hydrogen-bond acceptors (Lipinski definition) is 10. The summed E-state index contributed by atoms with van der Waals surface area (Å²) in [5.41, 5.74) is 0. The van der Waals surface area contributed by atoms with Crippen LogP contribution in [0.5, 0.6) is 0 Å². The Morgan fingerprint density at radius 2 is 1.19 bits per heavy atom. The third kappa shape index (κ3) is 23.3. The summed E-state index contributed by atoms with van der Waals surface area (Å²) in [7, 11) is 0. The summed E-state index contributed by atoms with van der Waals surface area (Å²) in [5.74, 6) is -2.63. The third-order valence-corrected chi connectivity index (χ3v) is 8.07. The van der Waals surface area contributed by atoms with Crippen LogP contribution in [0.25, 0.3) is 0 Å². The number of carbonyl (C=O) groups is 3. The molecule has 0 spiro atoms. The van der Waals surface area contributed by atoms with E-state index in [1.54, 1.807) is 6.08 Å². The van der Waals surface area contributed by atoms with Crippen LogP contribution in [0.1, 0.15) is 117 Å². The molecule has 0 aromatic rings. The Kier molecular flexibility index (Phi) is 28.0. The molecule has 1 saturated heterocycles. The number of esters is 2. The van der Waals surface area contributed by atoms with Gasteiger partial charge in [0.15, 0.2) is 18.5 Å². The van der Waals surface area contributed by atoms with Gasteiger partial charge in [0.05, 0.1) is 13.0 Å². The topological polar surface area (TPSA) is 169 Å². The van der Waals surface area contributed by atoms with Crippen LogP contribution in [0.4, 0.5) is 0 Å². The molecule has 294 valence electrons. The highest BCUT2D eigenvalue weighted by Gasteiger charge is 2.47. The summed E-state index contributed by atoms with van der Waals surface area (Å²) in [6.45, 7) is 3.52. The van der Waals surface area contributed by atoms with Crippen molar-refractivity contribution in [1.29, 1.82) is 0 Å². The van der Waals surface area contributed by atoms with E-state index in [2.05, 4.69) is 62.5 Å². The summed E-state index contributed by atoms with van der Waals surface area (Å²) < 4.78 is 21.5. The van der Waals surface area contributed by atoms with Crippen molar-refractivity contribution in [2.75, 3.05) is 13.2 Å². The number of carboxylic acids is 1. The van der Waals surface area contributed by atoms with Crippen molar-refractivity contribution in [3.8, 4) is 0 Å². The number of allylic oxidation sites excluding steroid dienone is 11. The highest BCUT2D eigenvalue weighted by Crippen LogP contribution is 2.23. The first-order chi connectivity index (χ1) is 25.2. The average Bonchev–Trinajstić information content (AvgIpc) is 3.12. The van der Waals surface area contributed by atoms with E-state index < -0.39 is 61.3 Å².